The first-order valence-electron chi connectivity index (χ1n) is 3.35. The Hall–Kier alpha value is -0.610. The lowest BCUT2D eigenvalue weighted by Gasteiger charge is -2.12. The minimum absolute atomic E-state index is 0.00653. The second kappa shape index (κ2) is 5.20. The highest BCUT2D eigenvalue weighted by molar-refractivity contribution is 5.81. The number of carbonyl (C=O) groups is 1. The molecule has 0 aromatic heterocycles. The zero-order chi connectivity index (χ0) is 7.98. The summed E-state index contributed by atoms with van der Waals surface area (Å²) in [4.78, 5) is 10.9. The second-order valence-corrected chi connectivity index (χ2v) is 2.03. The van der Waals surface area contributed by atoms with Gasteiger partial charge < -0.3 is 16.4 Å². The summed E-state index contributed by atoms with van der Waals surface area (Å²) in [5, 5.41) is 5.41. The Morgan fingerprint density at radius 3 is 2.50 bits per heavy atom. The van der Waals surface area contributed by atoms with Crippen LogP contribution in [-0.4, -0.2) is 32.6 Å². The fourth-order valence-corrected chi connectivity index (χ4v) is 0.747. The molecule has 0 radical (unpaired) electrons. The SMILES string of the molecule is CNC(=O)C(CCN)NC. The van der Waals surface area contributed by atoms with Crippen LogP contribution < -0.4 is 16.4 Å². The molecule has 0 rings (SSSR count). The monoisotopic (exact) mass is 145 g/mol. The number of amides is 1. The van der Waals surface area contributed by atoms with Crippen LogP contribution in [0.5, 0.6) is 0 Å². The molecular formula is C6H15N3O. The first kappa shape index (κ1) is 9.39. The highest BCUT2D eigenvalue weighted by Crippen LogP contribution is 1.87. The normalized spacial score (nSPS) is 12.7. The van der Waals surface area contributed by atoms with Crippen LogP contribution in [0.15, 0.2) is 0 Å². The summed E-state index contributed by atoms with van der Waals surface area (Å²) in [5.41, 5.74) is 5.28. The van der Waals surface area contributed by atoms with E-state index in [-0.39, 0.29) is 11.9 Å². The van der Waals surface area contributed by atoms with Crippen LogP contribution in [0.4, 0.5) is 0 Å². The lowest BCUT2D eigenvalue weighted by molar-refractivity contribution is -0.122. The highest BCUT2D eigenvalue weighted by atomic mass is 16.2. The highest BCUT2D eigenvalue weighted by Gasteiger charge is 2.11. The Bertz CT molecular complexity index is 105. The van der Waals surface area contributed by atoms with Gasteiger partial charge in [0.1, 0.15) is 0 Å². The average Bonchev–Trinajstić information content (AvgIpc) is 1.99. The standard InChI is InChI=1S/C6H15N3O/c1-8-5(3-4-7)6(10)9-2/h5,8H,3-4,7H2,1-2H3,(H,9,10). The summed E-state index contributed by atoms with van der Waals surface area (Å²) in [6.07, 6.45) is 0.677. The summed E-state index contributed by atoms with van der Waals surface area (Å²) in [6.45, 7) is 0.527. The van der Waals surface area contributed by atoms with Crippen LogP contribution in [0.2, 0.25) is 0 Å². The molecule has 0 saturated heterocycles. The van der Waals surface area contributed by atoms with Gasteiger partial charge in [0.05, 0.1) is 6.04 Å². The summed E-state index contributed by atoms with van der Waals surface area (Å²) >= 11 is 0. The van der Waals surface area contributed by atoms with Crippen LogP contribution in [0.25, 0.3) is 0 Å². The van der Waals surface area contributed by atoms with Crippen LogP contribution >= 0.6 is 0 Å². The second-order valence-electron chi connectivity index (χ2n) is 2.03. The van der Waals surface area contributed by atoms with Gasteiger partial charge in [0, 0.05) is 7.05 Å². The van der Waals surface area contributed by atoms with Crippen molar-refractivity contribution in [3.05, 3.63) is 0 Å². The van der Waals surface area contributed by atoms with Gasteiger partial charge in [-0.05, 0) is 20.0 Å². The fraction of sp³-hybridized carbons (Fsp3) is 0.833. The minimum atomic E-state index is -0.144. The predicted octanol–water partition coefficient (Wildman–Crippen LogP) is -1.33. The van der Waals surface area contributed by atoms with E-state index >= 15 is 0 Å². The number of rotatable bonds is 4. The lowest BCUT2D eigenvalue weighted by atomic mass is 10.2. The summed E-state index contributed by atoms with van der Waals surface area (Å²) in [7, 11) is 3.36. The molecule has 0 aliphatic carbocycles. The van der Waals surface area contributed by atoms with Gasteiger partial charge in [-0.2, -0.15) is 0 Å². The van der Waals surface area contributed by atoms with Crippen molar-refractivity contribution < 1.29 is 4.79 Å². The van der Waals surface area contributed by atoms with E-state index in [4.69, 9.17) is 5.73 Å². The topological polar surface area (TPSA) is 67.2 Å². The lowest BCUT2D eigenvalue weighted by Crippen LogP contribution is -2.42. The number of hydrogen-bond acceptors (Lipinski definition) is 3. The zero-order valence-electron chi connectivity index (χ0n) is 6.48. The van der Waals surface area contributed by atoms with E-state index in [2.05, 4.69) is 10.6 Å². The Kier molecular flexibility index (Phi) is 4.88. The van der Waals surface area contributed by atoms with E-state index < -0.39 is 0 Å². The molecule has 0 aromatic rings. The number of nitrogens with two attached hydrogens (primary N) is 1. The predicted molar refractivity (Wildman–Crippen MR) is 40.6 cm³/mol. The first-order valence-corrected chi connectivity index (χ1v) is 3.35. The maximum Gasteiger partial charge on any atom is 0.236 e. The van der Waals surface area contributed by atoms with Crippen LogP contribution in [0.3, 0.4) is 0 Å². The summed E-state index contributed by atoms with van der Waals surface area (Å²) in [5.74, 6) is -0.00653. The van der Waals surface area contributed by atoms with Gasteiger partial charge in [-0.3, -0.25) is 4.79 Å². The first-order chi connectivity index (χ1) is 4.76. The molecule has 1 atom stereocenters. The third-order valence-electron chi connectivity index (χ3n) is 1.37. The largest absolute Gasteiger partial charge is 0.358 e. The average molecular weight is 145 g/mol. The van der Waals surface area contributed by atoms with Crippen LogP contribution in [0.1, 0.15) is 6.42 Å². The van der Waals surface area contributed by atoms with Crippen molar-refractivity contribution in [2.45, 2.75) is 12.5 Å². The van der Waals surface area contributed by atoms with Crippen molar-refractivity contribution >= 4 is 5.91 Å². The van der Waals surface area contributed by atoms with Gasteiger partial charge in [-0.1, -0.05) is 0 Å². The van der Waals surface area contributed by atoms with Gasteiger partial charge in [-0.25, -0.2) is 0 Å². The molecule has 0 aliphatic heterocycles. The maximum absolute atomic E-state index is 10.9. The Morgan fingerprint density at radius 1 is 1.60 bits per heavy atom. The molecule has 4 N–H and O–H groups in total. The molecule has 10 heavy (non-hydrogen) atoms. The van der Waals surface area contributed by atoms with Crippen LogP contribution in [-0.2, 0) is 4.79 Å². The van der Waals surface area contributed by atoms with Gasteiger partial charge in [0.25, 0.3) is 0 Å². The van der Waals surface area contributed by atoms with E-state index in [0.717, 1.165) is 0 Å². The minimum Gasteiger partial charge on any atom is -0.358 e. The molecule has 4 heteroatoms. The molecule has 0 heterocycles. The van der Waals surface area contributed by atoms with Crippen LogP contribution in [0, 0.1) is 0 Å². The van der Waals surface area contributed by atoms with Gasteiger partial charge in [-0.15, -0.1) is 0 Å². The summed E-state index contributed by atoms with van der Waals surface area (Å²) < 4.78 is 0. The molecule has 0 bridgehead atoms. The van der Waals surface area contributed by atoms with E-state index in [1.54, 1.807) is 14.1 Å². The molecule has 4 nitrogen and oxygen atoms in total. The van der Waals surface area contributed by atoms with Crippen molar-refractivity contribution in [3.63, 3.8) is 0 Å². The summed E-state index contributed by atoms with van der Waals surface area (Å²) in [6, 6.07) is -0.144. The quantitative estimate of drug-likeness (QED) is 0.459. The Balaban J connectivity index is 3.68. The van der Waals surface area contributed by atoms with E-state index in [0.29, 0.717) is 13.0 Å². The van der Waals surface area contributed by atoms with E-state index in [1.807, 2.05) is 0 Å². The zero-order valence-corrected chi connectivity index (χ0v) is 6.48. The number of hydrogen-bond donors (Lipinski definition) is 3. The number of likely N-dealkylation sites (N-methyl/N-ethyl adjacent to an activating group) is 2. The van der Waals surface area contributed by atoms with E-state index in [1.165, 1.54) is 0 Å². The van der Waals surface area contributed by atoms with Crippen molar-refractivity contribution in [1.29, 1.82) is 0 Å². The van der Waals surface area contributed by atoms with Crippen molar-refractivity contribution in [1.82, 2.24) is 10.6 Å². The molecule has 0 fully saturated rings. The molecule has 1 amide bonds. The van der Waals surface area contributed by atoms with Gasteiger partial charge >= 0.3 is 0 Å². The van der Waals surface area contributed by atoms with Crippen molar-refractivity contribution in [2.75, 3.05) is 20.6 Å². The molecule has 0 spiro atoms. The molecular weight excluding hydrogens is 130 g/mol. The molecule has 0 saturated carbocycles. The number of nitrogens with one attached hydrogen (secondary N) is 2. The smallest absolute Gasteiger partial charge is 0.236 e. The fourth-order valence-electron chi connectivity index (χ4n) is 0.747. The third kappa shape index (κ3) is 2.80. The van der Waals surface area contributed by atoms with Gasteiger partial charge in [0.2, 0.25) is 5.91 Å². The van der Waals surface area contributed by atoms with E-state index in [9.17, 15) is 4.79 Å². The van der Waals surface area contributed by atoms with Crippen molar-refractivity contribution in [2.24, 2.45) is 5.73 Å². The Labute approximate surface area is 61.2 Å². The number of carbonyl (C=O) groups excluding carboxylic acids is 1. The molecule has 0 aliphatic rings. The van der Waals surface area contributed by atoms with Gasteiger partial charge in [0.15, 0.2) is 0 Å². The maximum atomic E-state index is 10.9. The molecule has 1 unspecified atom stereocenters. The third-order valence-corrected chi connectivity index (χ3v) is 1.37. The molecule has 0 aromatic carbocycles. The Morgan fingerprint density at radius 2 is 2.20 bits per heavy atom. The molecule has 60 valence electrons. The van der Waals surface area contributed by atoms with Crippen molar-refractivity contribution in [3.8, 4) is 0 Å².